The molecular weight excluding hydrogens is 414 g/mol. The Balaban J connectivity index is 1.84. The highest BCUT2D eigenvalue weighted by Crippen LogP contribution is 2.21. The molecule has 1 aromatic carbocycles. The van der Waals surface area contributed by atoms with Crippen molar-refractivity contribution in [1.82, 2.24) is 14.5 Å². The first-order valence-corrected chi connectivity index (χ1v) is 11.0. The number of carbonyl (C=O) groups excluding carboxylic acids is 1. The van der Waals surface area contributed by atoms with Gasteiger partial charge in [0.15, 0.2) is 5.16 Å². The van der Waals surface area contributed by atoms with E-state index in [1.54, 1.807) is 4.57 Å². The fraction of sp³-hybridized carbons (Fsp3) is 0.526. The molecule has 140 valence electrons. The SMILES string of the molecule is CCCn1c(SCC(=O)N2CCCCCC2)nc2ccc(Br)cc2c1=O. The van der Waals surface area contributed by atoms with Gasteiger partial charge in [0, 0.05) is 24.1 Å². The van der Waals surface area contributed by atoms with Crippen LogP contribution >= 0.6 is 27.7 Å². The number of hydrogen-bond acceptors (Lipinski definition) is 4. The minimum atomic E-state index is -0.0390. The molecule has 0 N–H and O–H groups in total. The van der Waals surface area contributed by atoms with Gasteiger partial charge in [-0.2, -0.15) is 0 Å². The Morgan fingerprint density at radius 3 is 2.65 bits per heavy atom. The molecule has 0 aliphatic carbocycles. The Morgan fingerprint density at radius 2 is 1.96 bits per heavy atom. The average Bonchev–Trinajstić information content (AvgIpc) is 2.92. The average molecular weight is 438 g/mol. The van der Waals surface area contributed by atoms with Gasteiger partial charge < -0.3 is 4.90 Å². The van der Waals surface area contributed by atoms with Crippen LogP contribution < -0.4 is 5.56 Å². The summed E-state index contributed by atoms with van der Waals surface area (Å²) in [5.41, 5.74) is 0.637. The van der Waals surface area contributed by atoms with E-state index in [9.17, 15) is 9.59 Å². The molecule has 0 bridgehead atoms. The van der Waals surface area contributed by atoms with Gasteiger partial charge in [0.2, 0.25) is 5.91 Å². The molecule has 1 fully saturated rings. The van der Waals surface area contributed by atoms with Gasteiger partial charge >= 0.3 is 0 Å². The highest BCUT2D eigenvalue weighted by Gasteiger charge is 2.18. The van der Waals surface area contributed by atoms with Gasteiger partial charge in [0.25, 0.3) is 5.56 Å². The number of aromatic nitrogens is 2. The molecular formula is C19H24BrN3O2S. The maximum atomic E-state index is 12.9. The number of nitrogens with zero attached hydrogens (tertiary/aromatic N) is 3. The number of hydrogen-bond donors (Lipinski definition) is 0. The smallest absolute Gasteiger partial charge is 0.262 e. The van der Waals surface area contributed by atoms with Crippen LogP contribution in [0.1, 0.15) is 39.0 Å². The van der Waals surface area contributed by atoms with E-state index in [0.717, 1.165) is 36.8 Å². The van der Waals surface area contributed by atoms with Crippen LogP contribution in [0.3, 0.4) is 0 Å². The monoisotopic (exact) mass is 437 g/mol. The molecule has 1 aliphatic rings. The number of thioether (sulfide) groups is 1. The van der Waals surface area contributed by atoms with Crippen LogP contribution in [0, 0.1) is 0 Å². The second kappa shape index (κ2) is 9.04. The fourth-order valence-corrected chi connectivity index (χ4v) is 4.53. The number of likely N-dealkylation sites (tertiary alicyclic amines) is 1. The van der Waals surface area contributed by atoms with Crippen molar-refractivity contribution in [2.75, 3.05) is 18.8 Å². The van der Waals surface area contributed by atoms with Gasteiger partial charge in [-0.3, -0.25) is 14.2 Å². The van der Waals surface area contributed by atoms with E-state index in [2.05, 4.69) is 20.9 Å². The Hall–Kier alpha value is -1.34. The highest BCUT2D eigenvalue weighted by molar-refractivity contribution is 9.10. The third kappa shape index (κ3) is 4.49. The van der Waals surface area contributed by atoms with Crippen LogP contribution in [0.4, 0.5) is 0 Å². The fourth-order valence-electron chi connectivity index (χ4n) is 3.24. The summed E-state index contributed by atoms with van der Waals surface area (Å²) in [6, 6.07) is 5.54. The summed E-state index contributed by atoms with van der Waals surface area (Å²) in [4.78, 5) is 32.1. The molecule has 7 heteroatoms. The quantitative estimate of drug-likeness (QED) is 0.522. The molecule has 2 heterocycles. The summed E-state index contributed by atoms with van der Waals surface area (Å²) in [6.45, 7) is 4.34. The van der Waals surface area contributed by atoms with Crippen LogP contribution in [-0.4, -0.2) is 39.2 Å². The van der Waals surface area contributed by atoms with E-state index in [4.69, 9.17) is 0 Å². The summed E-state index contributed by atoms with van der Waals surface area (Å²) in [5.74, 6) is 0.475. The van der Waals surface area contributed by atoms with Crippen molar-refractivity contribution in [2.45, 2.75) is 50.7 Å². The normalized spacial score (nSPS) is 15.2. The Kier molecular flexibility index (Phi) is 6.75. The number of amides is 1. The standard InChI is InChI=1S/C19H24BrN3O2S/c1-2-9-23-18(25)15-12-14(20)7-8-16(15)21-19(23)26-13-17(24)22-10-5-3-4-6-11-22/h7-8,12H,2-6,9-11,13H2,1H3. The van der Waals surface area contributed by atoms with E-state index >= 15 is 0 Å². The lowest BCUT2D eigenvalue weighted by atomic mass is 10.2. The molecule has 0 spiro atoms. The summed E-state index contributed by atoms with van der Waals surface area (Å²) >= 11 is 4.80. The van der Waals surface area contributed by atoms with Crippen LogP contribution in [0.2, 0.25) is 0 Å². The minimum Gasteiger partial charge on any atom is -0.342 e. The molecule has 0 unspecified atom stereocenters. The molecule has 0 atom stereocenters. The molecule has 0 saturated carbocycles. The van der Waals surface area contributed by atoms with Crippen LogP contribution in [0.15, 0.2) is 32.6 Å². The Morgan fingerprint density at radius 1 is 1.23 bits per heavy atom. The molecule has 2 aromatic rings. The lowest BCUT2D eigenvalue weighted by Gasteiger charge is -2.20. The number of carbonyl (C=O) groups is 1. The van der Waals surface area contributed by atoms with E-state index in [-0.39, 0.29) is 11.5 Å². The molecule has 1 amide bonds. The van der Waals surface area contributed by atoms with Crippen molar-refractivity contribution in [3.05, 3.63) is 33.0 Å². The molecule has 26 heavy (non-hydrogen) atoms. The second-order valence-corrected chi connectivity index (χ2v) is 8.45. The summed E-state index contributed by atoms with van der Waals surface area (Å²) in [6.07, 6.45) is 5.42. The largest absolute Gasteiger partial charge is 0.342 e. The molecule has 1 aliphatic heterocycles. The van der Waals surface area contributed by atoms with Gasteiger partial charge in [-0.15, -0.1) is 0 Å². The summed E-state index contributed by atoms with van der Waals surface area (Å²) < 4.78 is 2.57. The number of rotatable bonds is 5. The Labute approximate surface area is 166 Å². The predicted octanol–water partition coefficient (Wildman–Crippen LogP) is 4.06. The highest BCUT2D eigenvalue weighted by atomic mass is 79.9. The molecule has 3 rings (SSSR count). The van der Waals surface area contributed by atoms with Crippen molar-refractivity contribution in [3.63, 3.8) is 0 Å². The predicted molar refractivity (Wildman–Crippen MR) is 110 cm³/mol. The lowest BCUT2D eigenvalue weighted by molar-refractivity contribution is -0.128. The molecule has 1 aromatic heterocycles. The molecule has 1 saturated heterocycles. The van der Waals surface area contributed by atoms with Crippen molar-refractivity contribution < 1.29 is 4.79 Å². The number of halogens is 1. The molecule has 5 nitrogen and oxygen atoms in total. The zero-order valence-corrected chi connectivity index (χ0v) is 17.4. The number of fused-ring (bicyclic) bond motifs is 1. The van der Waals surface area contributed by atoms with Gasteiger partial charge in [-0.25, -0.2) is 4.98 Å². The van der Waals surface area contributed by atoms with Gasteiger partial charge in [0.05, 0.1) is 16.7 Å². The number of benzene rings is 1. The van der Waals surface area contributed by atoms with Crippen LogP contribution in [0.5, 0.6) is 0 Å². The van der Waals surface area contributed by atoms with Gasteiger partial charge in [0.1, 0.15) is 0 Å². The maximum Gasteiger partial charge on any atom is 0.262 e. The van der Waals surface area contributed by atoms with E-state index in [1.165, 1.54) is 24.6 Å². The topological polar surface area (TPSA) is 55.2 Å². The van der Waals surface area contributed by atoms with E-state index < -0.39 is 0 Å². The van der Waals surface area contributed by atoms with Gasteiger partial charge in [-0.05, 0) is 37.5 Å². The van der Waals surface area contributed by atoms with E-state index in [1.807, 2.05) is 30.0 Å². The van der Waals surface area contributed by atoms with E-state index in [0.29, 0.717) is 28.4 Å². The third-order valence-corrected chi connectivity index (χ3v) is 6.07. The zero-order valence-electron chi connectivity index (χ0n) is 15.0. The maximum absolute atomic E-state index is 12.9. The second-order valence-electron chi connectivity index (χ2n) is 6.60. The molecule has 0 radical (unpaired) electrons. The summed E-state index contributed by atoms with van der Waals surface area (Å²) in [7, 11) is 0. The third-order valence-electron chi connectivity index (χ3n) is 4.61. The zero-order chi connectivity index (χ0) is 18.5. The first-order chi connectivity index (χ1) is 12.6. The lowest BCUT2D eigenvalue weighted by Crippen LogP contribution is -2.33. The first-order valence-electron chi connectivity index (χ1n) is 9.21. The van der Waals surface area contributed by atoms with Crippen molar-refractivity contribution in [3.8, 4) is 0 Å². The van der Waals surface area contributed by atoms with Crippen LogP contribution in [0.25, 0.3) is 10.9 Å². The minimum absolute atomic E-state index is 0.0390. The van der Waals surface area contributed by atoms with Crippen molar-refractivity contribution in [1.29, 1.82) is 0 Å². The first kappa shape index (κ1) is 19.4. The Bertz CT molecular complexity index is 845. The van der Waals surface area contributed by atoms with Crippen molar-refractivity contribution >= 4 is 44.5 Å². The van der Waals surface area contributed by atoms with Crippen LogP contribution in [-0.2, 0) is 11.3 Å². The van der Waals surface area contributed by atoms with Gasteiger partial charge in [-0.1, -0.05) is 47.5 Å². The summed E-state index contributed by atoms with van der Waals surface area (Å²) in [5, 5.41) is 1.24. The van der Waals surface area contributed by atoms with Crippen molar-refractivity contribution in [2.24, 2.45) is 0 Å².